The lowest BCUT2D eigenvalue weighted by molar-refractivity contribution is 1.19. The molecule has 1 heterocycles. The van der Waals surface area contributed by atoms with Crippen LogP contribution >= 0.6 is 87.4 Å². The third-order valence-electron chi connectivity index (χ3n) is 0.731. The van der Waals surface area contributed by atoms with E-state index in [0.29, 0.717) is 0 Å². The summed E-state index contributed by atoms with van der Waals surface area (Å²) in [5, 5.41) is 0. The maximum Gasteiger partial charge on any atom is 0.256 e. The van der Waals surface area contributed by atoms with Crippen LogP contribution in [0.15, 0.2) is 9.03 Å². The Bertz CT molecular complexity index is 284. The van der Waals surface area contributed by atoms with Gasteiger partial charge in [-0.1, -0.05) is 0 Å². The highest BCUT2D eigenvalue weighted by Crippen LogP contribution is 2.87. The molecule has 1 aliphatic heterocycles. The van der Waals surface area contributed by atoms with Crippen molar-refractivity contribution in [2.75, 3.05) is 0 Å². The molecule has 0 aliphatic carbocycles. The normalized spacial score (nSPS) is 33.7. The molecule has 1 aliphatic rings. The first-order chi connectivity index (χ1) is 5.25. The zero-order valence-electron chi connectivity index (χ0n) is 4.95. The standard InChI is InChI=1S/Cl6N3P3/c1-9-10(2)7-11(3,4)8-12(9,5)6. The topological polar surface area (TPSA) is 28.0 Å². The molecule has 72 valence electrons. The quantitative estimate of drug-likeness (QED) is 0.351. The Morgan fingerprint density at radius 2 is 1.67 bits per heavy atom. The molecule has 12 heavy (non-hydrogen) atoms. The van der Waals surface area contributed by atoms with Crippen molar-refractivity contribution in [3.8, 4) is 0 Å². The fourth-order valence-electron chi connectivity index (χ4n) is 0.391. The summed E-state index contributed by atoms with van der Waals surface area (Å²) in [5.41, 5.74) is 0. The van der Waals surface area contributed by atoms with E-state index in [-0.39, 0.29) is 0 Å². The molecule has 0 amide bonds. The minimum atomic E-state index is -2.85. The third-order valence-corrected chi connectivity index (χ3v) is 14.2. The van der Waals surface area contributed by atoms with Gasteiger partial charge in [0, 0.05) is 0 Å². The summed E-state index contributed by atoms with van der Waals surface area (Å²) in [5.74, 6) is -5.65. The first-order valence-electron chi connectivity index (χ1n) is 2.21. The Labute approximate surface area is 99.7 Å². The second-order valence-corrected chi connectivity index (χ2v) is 14.8. The van der Waals surface area contributed by atoms with E-state index in [9.17, 15) is 0 Å². The maximum atomic E-state index is 5.74. The van der Waals surface area contributed by atoms with Crippen LogP contribution in [0.5, 0.6) is 0 Å². The predicted octanol–water partition coefficient (Wildman–Crippen LogP) is 6.77. The second-order valence-electron chi connectivity index (χ2n) is 1.57. The third kappa shape index (κ3) is 3.04. The van der Waals surface area contributed by atoms with Crippen LogP contribution in [0, 0.1) is 0 Å². The fourth-order valence-corrected chi connectivity index (χ4v) is 15.1. The van der Waals surface area contributed by atoms with Crippen LogP contribution in [-0.2, 0) is 0 Å². The second kappa shape index (κ2) is 4.22. The van der Waals surface area contributed by atoms with E-state index in [4.69, 9.17) is 68.0 Å². The van der Waals surface area contributed by atoms with Gasteiger partial charge in [0.1, 0.15) is 0 Å². The predicted molar refractivity (Wildman–Crippen MR) is 62.6 cm³/mol. The zero-order chi connectivity index (χ0) is 9.57. The summed E-state index contributed by atoms with van der Waals surface area (Å²) in [4.78, 5) is 0. The van der Waals surface area contributed by atoms with Gasteiger partial charge in [0.25, 0.3) is 5.91 Å². The van der Waals surface area contributed by atoms with Crippen LogP contribution in [0.2, 0.25) is 0 Å². The van der Waals surface area contributed by atoms with Crippen LogP contribution in [0.25, 0.3) is 0 Å². The van der Waals surface area contributed by atoms with Crippen molar-refractivity contribution in [1.82, 2.24) is 3.96 Å². The first kappa shape index (κ1) is 12.7. The summed E-state index contributed by atoms with van der Waals surface area (Å²) >= 11 is 34.1. The van der Waals surface area contributed by atoms with E-state index < -0.39 is 19.4 Å². The summed E-state index contributed by atoms with van der Waals surface area (Å²) in [6.45, 7) is 0. The lowest BCUT2D eigenvalue weighted by Crippen LogP contribution is -1.91. The van der Waals surface area contributed by atoms with Gasteiger partial charge in [-0.2, -0.15) is 9.03 Å². The van der Waals surface area contributed by atoms with E-state index in [0.717, 1.165) is 3.96 Å². The van der Waals surface area contributed by atoms with Crippen molar-refractivity contribution in [2.45, 2.75) is 0 Å². The average molecular weight is 348 g/mol. The van der Waals surface area contributed by atoms with Gasteiger partial charge in [-0.25, -0.2) is 0 Å². The number of hydrogen-bond donors (Lipinski definition) is 0. The van der Waals surface area contributed by atoms with Crippen LogP contribution in [-0.4, -0.2) is 3.96 Å². The van der Waals surface area contributed by atoms with Gasteiger partial charge in [0.2, 0.25) is 13.5 Å². The molecule has 0 aromatic heterocycles. The molecule has 0 saturated heterocycles. The molecular formula is Cl6N3P3. The zero-order valence-corrected chi connectivity index (χ0v) is 12.2. The summed E-state index contributed by atoms with van der Waals surface area (Å²) in [7, 11) is -1.56. The van der Waals surface area contributed by atoms with E-state index in [1.165, 1.54) is 0 Å². The van der Waals surface area contributed by atoms with Gasteiger partial charge in [-0.3, -0.25) is 0 Å². The molecule has 0 N–H and O–H groups in total. The Kier molecular flexibility index (Phi) is 4.45. The van der Waals surface area contributed by atoms with Crippen molar-refractivity contribution < 1.29 is 0 Å². The smallest absolute Gasteiger partial charge is 0.196 e. The molecule has 0 aromatic carbocycles. The Balaban J connectivity index is 3.20. The minimum Gasteiger partial charge on any atom is -0.196 e. The molecule has 1 rings (SSSR count). The molecule has 1 atom stereocenters. The molecule has 3 nitrogen and oxygen atoms in total. The largest absolute Gasteiger partial charge is 0.256 e. The molecule has 0 spiro atoms. The number of hydrogen-bond acceptors (Lipinski definition) is 3. The number of halogens is 6. The van der Waals surface area contributed by atoms with E-state index in [1.54, 1.807) is 0 Å². The first-order valence-corrected chi connectivity index (χ1v) is 11.7. The van der Waals surface area contributed by atoms with Crippen LogP contribution in [0.3, 0.4) is 0 Å². The van der Waals surface area contributed by atoms with Crippen LogP contribution < -0.4 is 0 Å². The molecule has 0 saturated carbocycles. The number of rotatable bonds is 0. The van der Waals surface area contributed by atoms with Crippen LogP contribution in [0.4, 0.5) is 0 Å². The maximum absolute atomic E-state index is 5.74. The summed E-state index contributed by atoms with van der Waals surface area (Å²) < 4.78 is 8.45. The fraction of sp³-hybridized carbons (Fsp3) is 0. The van der Waals surface area contributed by atoms with Gasteiger partial charge in [-0.15, -0.1) is 3.96 Å². The highest BCUT2D eigenvalue weighted by molar-refractivity contribution is 8.23. The van der Waals surface area contributed by atoms with Crippen molar-refractivity contribution in [3.63, 3.8) is 0 Å². The highest BCUT2D eigenvalue weighted by Gasteiger charge is 2.37. The molecule has 0 bridgehead atoms. The molecular weight excluding hydrogens is 348 g/mol. The summed E-state index contributed by atoms with van der Waals surface area (Å²) in [6, 6.07) is 0. The van der Waals surface area contributed by atoms with E-state index >= 15 is 0 Å². The molecule has 0 fully saturated rings. The summed E-state index contributed by atoms with van der Waals surface area (Å²) in [6.07, 6.45) is 0. The van der Waals surface area contributed by atoms with Gasteiger partial charge in [0.15, 0.2) is 0 Å². The Morgan fingerprint density at radius 1 is 1.17 bits per heavy atom. The van der Waals surface area contributed by atoms with Crippen LogP contribution in [0.1, 0.15) is 0 Å². The Morgan fingerprint density at radius 3 is 2.08 bits per heavy atom. The van der Waals surface area contributed by atoms with E-state index in [1.807, 2.05) is 0 Å². The van der Waals surface area contributed by atoms with Gasteiger partial charge in [0.05, 0.1) is 0 Å². The van der Waals surface area contributed by atoms with Crippen molar-refractivity contribution in [1.29, 1.82) is 0 Å². The molecule has 1 unspecified atom stereocenters. The molecule has 12 heteroatoms. The average Bonchev–Trinajstić information content (AvgIpc) is 1.79. The van der Waals surface area contributed by atoms with Gasteiger partial charge >= 0.3 is 0 Å². The lowest BCUT2D eigenvalue weighted by atomic mass is 13.8. The molecule has 0 aromatic rings. The monoisotopic (exact) mass is 345 g/mol. The van der Waals surface area contributed by atoms with Gasteiger partial charge in [-0.05, 0) is 68.0 Å². The van der Waals surface area contributed by atoms with E-state index in [2.05, 4.69) is 9.03 Å². The van der Waals surface area contributed by atoms with Crippen molar-refractivity contribution in [3.05, 3.63) is 0 Å². The minimum absolute atomic E-state index is 0.982. The van der Waals surface area contributed by atoms with Gasteiger partial charge < -0.3 is 0 Å². The van der Waals surface area contributed by atoms with Crippen molar-refractivity contribution in [2.24, 2.45) is 9.03 Å². The van der Waals surface area contributed by atoms with Crippen molar-refractivity contribution >= 4 is 87.4 Å². The number of nitrogens with zero attached hydrogens (tertiary/aromatic N) is 3. The highest BCUT2D eigenvalue weighted by atomic mass is 35.9. The molecule has 0 radical (unpaired) electrons. The lowest BCUT2D eigenvalue weighted by Gasteiger charge is -2.26. The SMILES string of the molecule is ClN1P(Cl)N=P(Cl)(Cl)N=P1(Cl)Cl. The Hall–Kier alpha value is 2.59.